The van der Waals surface area contributed by atoms with Crippen LogP contribution in [0.4, 0.5) is 0 Å². The Kier molecular flexibility index (Phi) is 12.4. The van der Waals surface area contributed by atoms with Gasteiger partial charge in [-0.25, -0.2) is 4.99 Å². The first-order chi connectivity index (χ1) is 14.8. The fourth-order valence-electron chi connectivity index (χ4n) is 3.94. The lowest BCUT2D eigenvalue weighted by atomic mass is 10.2. The van der Waals surface area contributed by atoms with Crippen LogP contribution in [0.2, 0.25) is 0 Å². The van der Waals surface area contributed by atoms with E-state index in [9.17, 15) is 0 Å². The SMILES string of the molecule is CCNC(=NCc1ccc(OC2CCCC2)c(OC)c1)NCCCN1CCOCC1.I. The van der Waals surface area contributed by atoms with Crippen molar-refractivity contribution in [3.8, 4) is 11.5 Å². The molecule has 1 saturated carbocycles. The maximum absolute atomic E-state index is 6.13. The summed E-state index contributed by atoms with van der Waals surface area (Å²) < 4.78 is 17.1. The van der Waals surface area contributed by atoms with Crippen LogP contribution in [0.25, 0.3) is 0 Å². The molecule has 0 unspecified atom stereocenters. The highest BCUT2D eigenvalue weighted by molar-refractivity contribution is 14.0. The first kappa shape index (κ1) is 26.0. The minimum Gasteiger partial charge on any atom is -0.493 e. The summed E-state index contributed by atoms with van der Waals surface area (Å²) in [6.07, 6.45) is 6.20. The highest BCUT2D eigenvalue weighted by Crippen LogP contribution is 2.32. The molecule has 1 aromatic rings. The van der Waals surface area contributed by atoms with Gasteiger partial charge in [0.1, 0.15) is 0 Å². The Morgan fingerprint density at radius 2 is 1.94 bits per heavy atom. The van der Waals surface area contributed by atoms with Gasteiger partial charge in [-0.05, 0) is 63.3 Å². The van der Waals surface area contributed by atoms with Crippen molar-refractivity contribution < 1.29 is 14.2 Å². The highest BCUT2D eigenvalue weighted by atomic mass is 127. The predicted molar refractivity (Wildman–Crippen MR) is 136 cm³/mol. The third kappa shape index (κ3) is 9.02. The number of methoxy groups -OCH3 is 1. The van der Waals surface area contributed by atoms with E-state index in [-0.39, 0.29) is 24.0 Å². The Balaban J connectivity index is 0.00000341. The molecule has 31 heavy (non-hydrogen) atoms. The van der Waals surface area contributed by atoms with Gasteiger partial charge in [0.25, 0.3) is 0 Å². The first-order valence-electron chi connectivity index (χ1n) is 11.4. The monoisotopic (exact) mass is 546 g/mol. The van der Waals surface area contributed by atoms with Crippen LogP contribution in [0.15, 0.2) is 23.2 Å². The van der Waals surface area contributed by atoms with Crippen LogP contribution >= 0.6 is 24.0 Å². The Morgan fingerprint density at radius 3 is 2.65 bits per heavy atom. The number of nitrogens with one attached hydrogen (secondary N) is 2. The molecule has 1 aromatic carbocycles. The second-order valence-corrected chi connectivity index (χ2v) is 7.94. The predicted octanol–water partition coefficient (Wildman–Crippen LogP) is 3.41. The molecule has 0 spiro atoms. The lowest BCUT2D eigenvalue weighted by Crippen LogP contribution is -2.40. The Bertz CT molecular complexity index is 662. The van der Waals surface area contributed by atoms with Crippen molar-refractivity contribution in [2.45, 2.75) is 51.7 Å². The third-order valence-corrected chi connectivity index (χ3v) is 5.64. The van der Waals surface area contributed by atoms with Crippen LogP contribution in [0.1, 0.15) is 44.6 Å². The third-order valence-electron chi connectivity index (χ3n) is 5.64. The molecule has 0 radical (unpaired) electrons. The van der Waals surface area contributed by atoms with Crippen molar-refractivity contribution in [2.24, 2.45) is 4.99 Å². The lowest BCUT2D eigenvalue weighted by Gasteiger charge is -2.26. The van der Waals surface area contributed by atoms with Gasteiger partial charge in [-0.1, -0.05) is 6.07 Å². The van der Waals surface area contributed by atoms with Gasteiger partial charge in [0.2, 0.25) is 0 Å². The number of nitrogens with zero attached hydrogens (tertiary/aromatic N) is 2. The largest absolute Gasteiger partial charge is 0.493 e. The number of aliphatic imine (C=N–C) groups is 1. The summed E-state index contributed by atoms with van der Waals surface area (Å²) in [6, 6.07) is 6.14. The molecule has 2 N–H and O–H groups in total. The zero-order valence-electron chi connectivity index (χ0n) is 19.0. The molecule has 0 amide bonds. The molecule has 0 aromatic heterocycles. The highest BCUT2D eigenvalue weighted by Gasteiger charge is 2.18. The van der Waals surface area contributed by atoms with Crippen LogP contribution in [-0.4, -0.2) is 70.0 Å². The second kappa shape index (κ2) is 14.7. The minimum atomic E-state index is 0. The van der Waals surface area contributed by atoms with Crippen LogP contribution in [0.5, 0.6) is 11.5 Å². The standard InChI is InChI=1S/C23H38N4O3.HI/c1-3-24-23(25-11-6-12-27-13-15-29-16-14-27)26-18-19-9-10-21(22(17-19)28-2)30-20-7-4-5-8-20;/h9-10,17,20H,3-8,11-16,18H2,1-2H3,(H2,24,25,26);1H. The van der Waals surface area contributed by atoms with Gasteiger partial charge in [0.05, 0.1) is 33.0 Å². The van der Waals surface area contributed by atoms with Crippen LogP contribution < -0.4 is 20.1 Å². The molecule has 176 valence electrons. The van der Waals surface area contributed by atoms with Gasteiger partial charge in [-0.2, -0.15) is 0 Å². The number of hydrogen-bond acceptors (Lipinski definition) is 5. The number of ether oxygens (including phenoxy) is 3. The van der Waals surface area contributed by atoms with Crippen LogP contribution in [0.3, 0.4) is 0 Å². The molecule has 1 aliphatic carbocycles. The van der Waals surface area contributed by atoms with E-state index in [2.05, 4.69) is 28.5 Å². The Morgan fingerprint density at radius 1 is 1.16 bits per heavy atom. The maximum atomic E-state index is 6.13. The fourth-order valence-corrected chi connectivity index (χ4v) is 3.94. The fraction of sp³-hybridized carbons (Fsp3) is 0.696. The average Bonchev–Trinajstić information content (AvgIpc) is 3.29. The number of halogens is 1. The minimum absolute atomic E-state index is 0. The normalized spacial score (nSPS) is 17.8. The van der Waals surface area contributed by atoms with Crippen LogP contribution in [0, 0.1) is 0 Å². The number of morpholine rings is 1. The quantitative estimate of drug-likeness (QED) is 0.203. The maximum Gasteiger partial charge on any atom is 0.191 e. The van der Waals surface area contributed by atoms with Crippen molar-refractivity contribution in [2.75, 3.05) is 53.0 Å². The van der Waals surface area contributed by atoms with E-state index in [1.807, 2.05) is 12.1 Å². The molecule has 3 rings (SSSR count). The van der Waals surface area contributed by atoms with E-state index in [4.69, 9.17) is 19.2 Å². The second-order valence-electron chi connectivity index (χ2n) is 7.94. The molecule has 1 saturated heterocycles. The van der Waals surface area contributed by atoms with Crippen molar-refractivity contribution in [1.82, 2.24) is 15.5 Å². The molecule has 2 fully saturated rings. The first-order valence-corrected chi connectivity index (χ1v) is 11.4. The van der Waals surface area contributed by atoms with Crippen LogP contribution in [-0.2, 0) is 11.3 Å². The summed E-state index contributed by atoms with van der Waals surface area (Å²) >= 11 is 0. The summed E-state index contributed by atoms with van der Waals surface area (Å²) in [5, 5.41) is 6.77. The van der Waals surface area contributed by atoms with Crippen molar-refractivity contribution in [1.29, 1.82) is 0 Å². The number of rotatable bonds is 10. The number of benzene rings is 1. The van der Waals surface area contributed by atoms with E-state index in [0.717, 1.165) is 88.2 Å². The van der Waals surface area contributed by atoms with E-state index in [1.54, 1.807) is 7.11 Å². The summed E-state index contributed by atoms with van der Waals surface area (Å²) in [4.78, 5) is 7.20. The zero-order chi connectivity index (χ0) is 21.0. The smallest absolute Gasteiger partial charge is 0.191 e. The van der Waals surface area contributed by atoms with Gasteiger partial charge >= 0.3 is 0 Å². The summed E-state index contributed by atoms with van der Waals surface area (Å²) in [5.74, 6) is 2.48. The number of hydrogen-bond donors (Lipinski definition) is 2. The molecular weight excluding hydrogens is 507 g/mol. The van der Waals surface area contributed by atoms with E-state index >= 15 is 0 Å². The number of guanidine groups is 1. The summed E-state index contributed by atoms with van der Waals surface area (Å²) in [7, 11) is 1.70. The zero-order valence-corrected chi connectivity index (χ0v) is 21.4. The molecule has 0 bridgehead atoms. The van der Waals surface area contributed by atoms with E-state index in [0.29, 0.717) is 12.6 Å². The lowest BCUT2D eigenvalue weighted by molar-refractivity contribution is 0.0376. The molecule has 0 atom stereocenters. The molecule has 1 heterocycles. The molecule has 8 heteroatoms. The summed E-state index contributed by atoms with van der Waals surface area (Å²) in [5.41, 5.74) is 1.11. The molecule has 2 aliphatic rings. The Hall–Kier alpha value is -1.26. The van der Waals surface area contributed by atoms with Gasteiger partial charge < -0.3 is 24.8 Å². The van der Waals surface area contributed by atoms with Gasteiger partial charge in [-0.15, -0.1) is 24.0 Å². The molecule has 1 aliphatic heterocycles. The molecular formula is C23H39IN4O3. The van der Waals surface area contributed by atoms with Gasteiger partial charge in [0, 0.05) is 26.2 Å². The topological polar surface area (TPSA) is 67.4 Å². The molecule has 7 nitrogen and oxygen atoms in total. The average molecular weight is 546 g/mol. The Labute approximate surface area is 204 Å². The summed E-state index contributed by atoms with van der Waals surface area (Å²) in [6.45, 7) is 9.30. The van der Waals surface area contributed by atoms with Crippen molar-refractivity contribution in [3.05, 3.63) is 23.8 Å². The van der Waals surface area contributed by atoms with Gasteiger partial charge in [-0.3, -0.25) is 4.90 Å². The van der Waals surface area contributed by atoms with Crippen molar-refractivity contribution in [3.63, 3.8) is 0 Å². The van der Waals surface area contributed by atoms with E-state index in [1.165, 1.54) is 12.8 Å². The van der Waals surface area contributed by atoms with E-state index < -0.39 is 0 Å². The van der Waals surface area contributed by atoms with Gasteiger partial charge in [0.15, 0.2) is 17.5 Å². The van der Waals surface area contributed by atoms with Crippen molar-refractivity contribution >= 4 is 29.9 Å².